The van der Waals surface area contributed by atoms with Gasteiger partial charge in [-0.15, -0.1) is 0 Å². The number of carbonyl (C=O) groups is 1. The van der Waals surface area contributed by atoms with Gasteiger partial charge in [-0.3, -0.25) is 9.36 Å². The number of aryl methyl sites for hydroxylation is 2. The highest BCUT2D eigenvalue weighted by molar-refractivity contribution is 7.89. The molecule has 1 amide bonds. The number of likely N-dealkylation sites (tertiary alicyclic amines) is 1. The Morgan fingerprint density at radius 2 is 1.97 bits per heavy atom. The second-order valence-electron chi connectivity index (χ2n) is 7.73. The summed E-state index contributed by atoms with van der Waals surface area (Å²) < 4.78 is 34.0. The molecule has 0 bridgehead atoms. The lowest BCUT2D eigenvalue weighted by Gasteiger charge is -2.32. The molecule has 0 saturated carbocycles. The molecule has 31 heavy (non-hydrogen) atoms. The van der Waals surface area contributed by atoms with Crippen molar-refractivity contribution in [2.45, 2.75) is 44.0 Å². The van der Waals surface area contributed by atoms with Crippen LogP contribution in [-0.4, -0.2) is 53.6 Å². The zero-order chi connectivity index (χ0) is 22.2. The van der Waals surface area contributed by atoms with Crippen LogP contribution in [0.15, 0.2) is 38.5 Å². The number of nitrogens with one attached hydrogen (secondary N) is 2. The first-order valence-electron chi connectivity index (χ1n) is 10.2. The van der Waals surface area contributed by atoms with Crippen LogP contribution < -0.4 is 10.4 Å². The van der Waals surface area contributed by atoms with E-state index < -0.39 is 10.0 Å². The first-order valence-corrected chi connectivity index (χ1v) is 11.7. The van der Waals surface area contributed by atoms with Crippen LogP contribution in [0, 0.1) is 13.8 Å². The van der Waals surface area contributed by atoms with Crippen LogP contribution in [0.25, 0.3) is 11.0 Å². The Bertz CT molecular complexity index is 1250. The van der Waals surface area contributed by atoms with Crippen molar-refractivity contribution in [2.24, 2.45) is 0 Å². The van der Waals surface area contributed by atoms with Gasteiger partial charge in [-0.25, -0.2) is 17.9 Å². The maximum Gasteiger partial charge on any atom is 0.326 e. The van der Waals surface area contributed by atoms with Crippen LogP contribution in [0.3, 0.4) is 0 Å². The fraction of sp³-hybridized carbons (Fsp3) is 0.450. The van der Waals surface area contributed by atoms with Crippen LogP contribution in [0.5, 0.6) is 0 Å². The number of piperidine rings is 1. The van der Waals surface area contributed by atoms with Gasteiger partial charge in [0.1, 0.15) is 10.6 Å². The van der Waals surface area contributed by atoms with Crippen molar-refractivity contribution in [2.75, 3.05) is 19.6 Å². The smallest absolute Gasteiger partial charge is 0.326 e. The summed E-state index contributed by atoms with van der Waals surface area (Å²) in [7, 11) is -3.79. The molecule has 0 spiro atoms. The van der Waals surface area contributed by atoms with Crippen LogP contribution in [0.2, 0.25) is 0 Å². The van der Waals surface area contributed by atoms with Gasteiger partial charge in [0.25, 0.3) is 0 Å². The SMILES string of the molecule is Cc1noc(C)c1S(=O)(=O)NCCC(=O)N1CCC(n2c(=O)[nH]c3ccccc32)CC1. The average molecular weight is 448 g/mol. The number of hydrogen-bond donors (Lipinski definition) is 2. The van der Waals surface area contributed by atoms with Gasteiger partial charge in [0.2, 0.25) is 15.9 Å². The van der Waals surface area contributed by atoms with E-state index in [1.54, 1.807) is 16.4 Å². The Morgan fingerprint density at radius 1 is 1.26 bits per heavy atom. The highest BCUT2D eigenvalue weighted by atomic mass is 32.2. The zero-order valence-corrected chi connectivity index (χ0v) is 18.2. The molecule has 0 aliphatic carbocycles. The van der Waals surface area contributed by atoms with E-state index in [1.807, 2.05) is 24.3 Å². The largest absolute Gasteiger partial charge is 0.360 e. The Balaban J connectivity index is 1.33. The maximum absolute atomic E-state index is 12.6. The van der Waals surface area contributed by atoms with Crippen molar-refractivity contribution in [3.8, 4) is 0 Å². The molecule has 0 radical (unpaired) electrons. The normalized spacial score (nSPS) is 15.6. The van der Waals surface area contributed by atoms with Crippen molar-refractivity contribution in [1.82, 2.24) is 24.3 Å². The topological polar surface area (TPSA) is 130 Å². The Labute approximate surface area is 179 Å². The Hall–Kier alpha value is -2.92. The number of rotatable bonds is 6. The molecule has 3 aromatic rings. The minimum atomic E-state index is -3.79. The molecule has 10 nitrogen and oxygen atoms in total. The molecule has 11 heteroatoms. The van der Waals surface area contributed by atoms with Crippen molar-refractivity contribution < 1.29 is 17.7 Å². The van der Waals surface area contributed by atoms with Gasteiger partial charge in [-0.2, -0.15) is 0 Å². The predicted molar refractivity (Wildman–Crippen MR) is 113 cm³/mol. The molecular weight excluding hydrogens is 422 g/mol. The molecule has 4 rings (SSSR count). The number of carbonyl (C=O) groups excluding carboxylic acids is 1. The minimum Gasteiger partial charge on any atom is -0.360 e. The van der Waals surface area contributed by atoms with E-state index in [1.165, 1.54) is 6.92 Å². The molecule has 1 saturated heterocycles. The third-order valence-corrected chi connectivity index (χ3v) is 7.38. The summed E-state index contributed by atoms with van der Waals surface area (Å²) in [6.45, 7) is 4.12. The van der Waals surface area contributed by atoms with Crippen molar-refractivity contribution in [3.05, 3.63) is 46.2 Å². The second-order valence-corrected chi connectivity index (χ2v) is 9.43. The number of imidazole rings is 1. The van der Waals surface area contributed by atoms with Gasteiger partial charge in [0, 0.05) is 32.1 Å². The minimum absolute atomic E-state index is 0.00688. The number of nitrogens with zero attached hydrogens (tertiary/aromatic N) is 3. The molecule has 0 atom stereocenters. The number of para-hydroxylation sites is 2. The first-order chi connectivity index (χ1) is 14.8. The lowest BCUT2D eigenvalue weighted by Crippen LogP contribution is -2.41. The highest BCUT2D eigenvalue weighted by Crippen LogP contribution is 2.25. The Kier molecular flexibility index (Phi) is 5.71. The second kappa shape index (κ2) is 8.31. The molecule has 1 aliphatic rings. The van der Waals surface area contributed by atoms with Crippen LogP contribution >= 0.6 is 0 Å². The van der Waals surface area contributed by atoms with E-state index in [9.17, 15) is 18.0 Å². The molecule has 1 fully saturated rings. The average Bonchev–Trinajstić information content (AvgIpc) is 3.26. The summed E-state index contributed by atoms with van der Waals surface area (Å²) in [4.78, 5) is 29.6. The standard InChI is InChI=1S/C20H25N5O5S/c1-13-19(14(2)30-23-13)31(28,29)21-10-7-18(26)24-11-8-15(9-12-24)25-17-6-4-3-5-16(17)22-20(25)27/h3-6,15,21H,7-12H2,1-2H3,(H,22,27). The van der Waals surface area contributed by atoms with Crippen LogP contribution in [0.1, 0.15) is 36.8 Å². The number of hydrogen-bond acceptors (Lipinski definition) is 6. The number of sulfonamides is 1. The van der Waals surface area contributed by atoms with Crippen molar-refractivity contribution >= 4 is 27.0 Å². The lowest BCUT2D eigenvalue weighted by atomic mass is 10.0. The Morgan fingerprint density at radius 3 is 2.65 bits per heavy atom. The lowest BCUT2D eigenvalue weighted by molar-refractivity contribution is -0.132. The summed E-state index contributed by atoms with van der Waals surface area (Å²) in [6.07, 6.45) is 1.39. The number of benzene rings is 1. The molecule has 0 unspecified atom stereocenters. The number of fused-ring (bicyclic) bond motifs is 1. The number of aromatic amines is 1. The summed E-state index contributed by atoms with van der Waals surface area (Å²) in [6, 6.07) is 7.58. The van der Waals surface area contributed by atoms with E-state index in [2.05, 4.69) is 14.9 Å². The number of aromatic nitrogens is 3. The quantitative estimate of drug-likeness (QED) is 0.588. The maximum atomic E-state index is 12.6. The molecule has 2 N–H and O–H groups in total. The highest BCUT2D eigenvalue weighted by Gasteiger charge is 2.27. The van der Waals surface area contributed by atoms with Gasteiger partial charge >= 0.3 is 5.69 Å². The van der Waals surface area contributed by atoms with Crippen molar-refractivity contribution in [3.63, 3.8) is 0 Å². The van der Waals surface area contributed by atoms with Crippen LogP contribution in [0.4, 0.5) is 0 Å². The van der Waals surface area contributed by atoms with Gasteiger partial charge in [0.15, 0.2) is 5.76 Å². The number of H-pyrrole nitrogens is 1. The molecular formula is C20H25N5O5S. The third kappa shape index (κ3) is 4.15. The van der Waals surface area contributed by atoms with Gasteiger partial charge in [-0.1, -0.05) is 17.3 Å². The molecule has 166 valence electrons. The third-order valence-electron chi connectivity index (χ3n) is 5.67. The fourth-order valence-electron chi connectivity index (χ4n) is 4.19. The van der Waals surface area contributed by atoms with E-state index in [0.29, 0.717) is 25.9 Å². The summed E-state index contributed by atoms with van der Waals surface area (Å²) in [5, 5.41) is 3.66. The fourth-order valence-corrected chi connectivity index (χ4v) is 5.55. The van der Waals surface area contributed by atoms with Crippen LogP contribution in [-0.2, 0) is 14.8 Å². The monoisotopic (exact) mass is 447 g/mol. The summed E-state index contributed by atoms with van der Waals surface area (Å²) >= 11 is 0. The van der Waals surface area contributed by atoms with E-state index in [0.717, 1.165) is 11.0 Å². The first kappa shape index (κ1) is 21.3. The van der Waals surface area contributed by atoms with E-state index >= 15 is 0 Å². The summed E-state index contributed by atoms with van der Waals surface area (Å²) in [5.74, 6) is 0.0945. The van der Waals surface area contributed by atoms with E-state index in [-0.39, 0.29) is 47.0 Å². The summed E-state index contributed by atoms with van der Waals surface area (Å²) in [5.41, 5.74) is 1.81. The number of amides is 1. The molecule has 3 heterocycles. The molecule has 1 aromatic carbocycles. The zero-order valence-electron chi connectivity index (χ0n) is 17.4. The molecule has 2 aromatic heterocycles. The van der Waals surface area contributed by atoms with Gasteiger partial charge < -0.3 is 14.4 Å². The van der Waals surface area contributed by atoms with Gasteiger partial charge in [-0.05, 0) is 38.8 Å². The predicted octanol–water partition coefficient (Wildman–Crippen LogP) is 1.47. The van der Waals surface area contributed by atoms with Gasteiger partial charge in [0.05, 0.1) is 11.0 Å². The van der Waals surface area contributed by atoms with E-state index in [4.69, 9.17) is 4.52 Å². The van der Waals surface area contributed by atoms with Crippen molar-refractivity contribution in [1.29, 1.82) is 0 Å². The molecule has 1 aliphatic heterocycles.